The van der Waals surface area contributed by atoms with Gasteiger partial charge in [0, 0.05) is 5.56 Å². The quantitative estimate of drug-likeness (QED) is 0.857. The number of aliphatic hydroxyl groups is 1. The highest BCUT2D eigenvalue weighted by molar-refractivity contribution is 5.94. The molecule has 0 aromatic heterocycles. The first-order valence-electron chi connectivity index (χ1n) is 7.94. The minimum Gasteiger partial charge on any atom is -0.494 e. The summed E-state index contributed by atoms with van der Waals surface area (Å²) in [6.07, 6.45) is 1.86. The van der Waals surface area contributed by atoms with E-state index in [1.807, 2.05) is 30.3 Å². The van der Waals surface area contributed by atoms with E-state index in [2.05, 4.69) is 5.32 Å². The molecule has 3 rings (SSSR count). The number of hydrogen-bond acceptors (Lipinski definition) is 3. The summed E-state index contributed by atoms with van der Waals surface area (Å²) in [4.78, 5) is 12.3. The molecule has 1 aliphatic carbocycles. The molecule has 0 aliphatic heterocycles. The van der Waals surface area contributed by atoms with E-state index in [-0.39, 0.29) is 23.8 Å². The van der Waals surface area contributed by atoms with Crippen LogP contribution in [0.15, 0.2) is 48.5 Å². The predicted molar refractivity (Wildman–Crippen MR) is 88.3 cm³/mol. The molecular weight excluding hydrogens is 309 g/mol. The maximum Gasteiger partial charge on any atom is 0.251 e. The van der Waals surface area contributed by atoms with Gasteiger partial charge in [-0.15, -0.1) is 0 Å². The van der Waals surface area contributed by atoms with Crippen LogP contribution in [-0.2, 0) is 5.60 Å². The second-order valence-corrected chi connectivity index (χ2v) is 6.10. The summed E-state index contributed by atoms with van der Waals surface area (Å²) in [5.41, 5.74) is -0.115. The van der Waals surface area contributed by atoms with Gasteiger partial charge in [-0.25, -0.2) is 4.39 Å². The molecule has 4 nitrogen and oxygen atoms in total. The summed E-state index contributed by atoms with van der Waals surface area (Å²) < 4.78 is 18.6. The average Bonchev–Trinajstić information content (AvgIpc) is 3.45. The zero-order chi connectivity index (χ0) is 17.2. The Labute approximate surface area is 140 Å². The van der Waals surface area contributed by atoms with Crippen LogP contribution in [0.3, 0.4) is 0 Å². The lowest BCUT2D eigenvalue weighted by Gasteiger charge is -2.29. The third kappa shape index (κ3) is 3.26. The van der Waals surface area contributed by atoms with E-state index < -0.39 is 17.3 Å². The summed E-state index contributed by atoms with van der Waals surface area (Å²) in [5, 5.41) is 13.8. The first-order valence-corrected chi connectivity index (χ1v) is 7.94. The van der Waals surface area contributed by atoms with Crippen LogP contribution in [0, 0.1) is 11.7 Å². The van der Waals surface area contributed by atoms with Crippen molar-refractivity contribution in [2.45, 2.75) is 18.4 Å². The number of carbonyl (C=O) groups excluding carboxylic acids is 1. The van der Waals surface area contributed by atoms with E-state index >= 15 is 0 Å². The number of methoxy groups -OCH3 is 1. The number of carbonyl (C=O) groups is 1. The fourth-order valence-corrected chi connectivity index (χ4v) is 2.89. The number of halogens is 1. The number of amides is 1. The van der Waals surface area contributed by atoms with Crippen LogP contribution in [0.1, 0.15) is 28.8 Å². The van der Waals surface area contributed by atoms with Gasteiger partial charge in [0.2, 0.25) is 0 Å². The summed E-state index contributed by atoms with van der Waals surface area (Å²) in [7, 11) is 1.37. The highest BCUT2D eigenvalue weighted by Gasteiger charge is 2.45. The van der Waals surface area contributed by atoms with Crippen molar-refractivity contribution >= 4 is 5.91 Å². The normalized spacial score (nSPS) is 16.3. The number of rotatable bonds is 6. The number of ether oxygens (including phenoxy) is 1. The summed E-state index contributed by atoms with van der Waals surface area (Å²) in [6.45, 7) is 0.0914. The largest absolute Gasteiger partial charge is 0.494 e. The molecule has 126 valence electrons. The molecule has 0 spiro atoms. The molecule has 1 fully saturated rings. The molecule has 0 heterocycles. The lowest BCUT2D eigenvalue weighted by atomic mass is 9.88. The van der Waals surface area contributed by atoms with E-state index in [9.17, 15) is 14.3 Å². The van der Waals surface area contributed by atoms with Gasteiger partial charge in [-0.05, 0) is 42.5 Å². The molecule has 1 atom stereocenters. The van der Waals surface area contributed by atoms with Crippen molar-refractivity contribution < 1.29 is 19.0 Å². The van der Waals surface area contributed by atoms with Gasteiger partial charge in [-0.1, -0.05) is 30.3 Å². The van der Waals surface area contributed by atoms with E-state index in [1.165, 1.54) is 19.2 Å². The summed E-state index contributed by atoms with van der Waals surface area (Å²) in [5.74, 6) is -0.796. The van der Waals surface area contributed by atoms with Gasteiger partial charge in [-0.2, -0.15) is 0 Å². The van der Waals surface area contributed by atoms with Crippen LogP contribution in [0.4, 0.5) is 4.39 Å². The SMILES string of the molecule is COc1ccc(C(=O)NCC(O)(c2ccccc2)C2CC2)cc1F. The highest BCUT2D eigenvalue weighted by Crippen LogP contribution is 2.45. The molecule has 1 amide bonds. The summed E-state index contributed by atoms with van der Waals surface area (Å²) >= 11 is 0. The van der Waals surface area contributed by atoms with Crippen molar-refractivity contribution in [1.82, 2.24) is 5.32 Å². The van der Waals surface area contributed by atoms with Crippen molar-refractivity contribution in [3.05, 3.63) is 65.5 Å². The molecule has 2 aromatic rings. The Morgan fingerprint density at radius 2 is 2.00 bits per heavy atom. The Morgan fingerprint density at radius 1 is 1.29 bits per heavy atom. The molecule has 2 N–H and O–H groups in total. The Kier molecular flexibility index (Phi) is 4.53. The molecule has 1 unspecified atom stereocenters. The van der Waals surface area contributed by atoms with E-state index in [0.717, 1.165) is 24.5 Å². The van der Waals surface area contributed by atoms with E-state index in [0.29, 0.717) is 0 Å². The first kappa shape index (κ1) is 16.5. The predicted octanol–water partition coefficient (Wildman–Crippen LogP) is 2.86. The molecule has 0 radical (unpaired) electrons. The van der Waals surface area contributed by atoms with Crippen LogP contribution >= 0.6 is 0 Å². The van der Waals surface area contributed by atoms with Crippen molar-refractivity contribution in [2.24, 2.45) is 5.92 Å². The Morgan fingerprint density at radius 3 is 2.58 bits per heavy atom. The minimum absolute atomic E-state index is 0.0883. The van der Waals surface area contributed by atoms with Gasteiger partial charge in [-0.3, -0.25) is 4.79 Å². The lowest BCUT2D eigenvalue weighted by molar-refractivity contribution is 0.0135. The third-order valence-corrected chi connectivity index (χ3v) is 4.46. The molecule has 0 saturated heterocycles. The monoisotopic (exact) mass is 329 g/mol. The van der Waals surface area contributed by atoms with E-state index in [1.54, 1.807) is 0 Å². The Bertz CT molecular complexity index is 731. The standard InChI is InChI=1S/C19H20FNO3/c1-24-17-10-7-13(11-16(17)20)18(22)21-12-19(23,15-8-9-15)14-5-3-2-4-6-14/h2-7,10-11,15,23H,8-9,12H2,1H3,(H,21,22). The van der Waals surface area contributed by atoms with Crippen LogP contribution in [0.5, 0.6) is 5.75 Å². The Hall–Kier alpha value is -2.40. The molecule has 24 heavy (non-hydrogen) atoms. The second kappa shape index (κ2) is 6.61. The van der Waals surface area contributed by atoms with Crippen LogP contribution in [0.2, 0.25) is 0 Å². The van der Waals surface area contributed by atoms with Crippen molar-refractivity contribution in [1.29, 1.82) is 0 Å². The zero-order valence-electron chi connectivity index (χ0n) is 13.5. The number of benzene rings is 2. The highest BCUT2D eigenvalue weighted by atomic mass is 19.1. The van der Waals surface area contributed by atoms with E-state index in [4.69, 9.17) is 4.74 Å². The molecule has 0 bridgehead atoms. The van der Waals surface area contributed by atoms with Gasteiger partial charge in [0.15, 0.2) is 11.6 Å². The first-order chi connectivity index (χ1) is 11.5. The smallest absolute Gasteiger partial charge is 0.251 e. The lowest BCUT2D eigenvalue weighted by Crippen LogP contribution is -2.42. The molecule has 2 aromatic carbocycles. The average molecular weight is 329 g/mol. The fourth-order valence-electron chi connectivity index (χ4n) is 2.89. The van der Waals surface area contributed by atoms with Gasteiger partial charge < -0.3 is 15.2 Å². The molecule has 5 heteroatoms. The summed E-state index contributed by atoms with van der Waals surface area (Å²) in [6, 6.07) is 13.4. The van der Waals surface area contributed by atoms with Crippen LogP contribution in [-0.4, -0.2) is 24.7 Å². The maximum absolute atomic E-state index is 13.7. The maximum atomic E-state index is 13.7. The third-order valence-electron chi connectivity index (χ3n) is 4.46. The van der Waals surface area contributed by atoms with Crippen molar-refractivity contribution in [2.75, 3.05) is 13.7 Å². The van der Waals surface area contributed by atoms with Gasteiger partial charge >= 0.3 is 0 Å². The van der Waals surface area contributed by atoms with Gasteiger partial charge in [0.25, 0.3) is 5.91 Å². The molecule has 1 saturated carbocycles. The fraction of sp³-hybridized carbons (Fsp3) is 0.316. The number of hydrogen-bond donors (Lipinski definition) is 2. The molecular formula is C19H20FNO3. The van der Waals surface area contributed by atoms with Crippen molar-refractivity contribution in [3.63, 3.8) is 0 Å². The molecule has 1 aliphatic rings. The van der Waals surface area contributed by atoms with Crippen LogP contribution in [0.25, 0.3) is 0 Å². The van der Waals surface area contributed by atoms with Gasteiger partial charge in [0.05, 0.1) is 13.7 Å². The Balaban J connectivity index is 1.73. The zero-order valence-corrected chi connectivity index (χ0v) is 13.5. The van der Waals surface area contributed by atoms with Crippen molar-refractivity contribution in [3.8, 4) is 5.75 Å². The minimum atomic E-state index is -1.10. The number of nitrogens with one attached hydrogen (secondary N) is 1. The second-order valence-electron chi connectivity index (χ2n) is 6.10. The van der Waals surface area contributed by atoms with Gasteiger partial charge in [0.1, 0.15) is 5.60 Å². The topological polar surface area (TPSA) is 58.6 Å². The van der Waals surface area contributed by atoms with Crippen LogP contribution < -0.4 is 10.1 Å².